The molecule has 1 heterocycles. The van der Waals surface area contributed by atoms with Crippen molar-refractivity contribution in [2.75, 3.05) is 18.6 Å². The standard InChI is InChI=1S/C15H18ClF2NO3S/c1-23(21,22)7-5-10-4-2-3-6-19(10)15(20)11-8-14(18)12(16)9-13(11)17/h8-10H,2-7H2,1H3. The Morgan fingerprint density at radius 3 is 2.65 bits per heavy atom. The molecule has 1 atom stereocenters. The van der Waals surface area contributed by atoms with Crippen LogP contribution in [-0.4, -0.2) is 43.8 Å². The zero-order valence-electron chi connectivity index (χ0n) is 12.7. The molecule has 1 amide bonds. The highest BCUT2D eigenvalue weighted by atomic mass is 35.5. The molecule has 23 heavy (non-hydrogen) atoms. The molecular formula is C15H18ClF2NO3S. The first-order chi connectivity index (χ1) is 10.7. The quantitative estimate of drug-likeness (QED) is 0.770. The molecule has 4 nitrogen and oxygen atoms in total. The predicted molar refractivity (Wildman–Crippen MR) is 84.4 cm³/mol. The summed E-state index contributed by atoms with van der Waals surface area (Å²) in [6.07, 6.45) is 3.70. The minimum Gasteiger partial charge on any atom is -0.336 e. The smallest absolute Gasteiger partial charge is 0.257 e. The number of amides is 1. The average molecular weight is 366 g/mol. The van der Waals surface area contributed by atoms with E-state index in [0.717, 1.165) is 31.2 Å². The highest BCUT2D eigenvalue weighted by Crippen LogP contribution is 2.25. The zero-order valence-corrected chi connectivity index (χ0v) is 14.3. The minimum absolute atomic E-state index is 0.0428. The molecule has 0 aliphatic carbocycles. The molecule has 2 rings (SSSR count). The van der Waals surface area contributed by atoms with Gasteiger partial charge in [-0.3, -0.25) is 4.79 Å². The summed E-state index contributed by atoms with van der Waals surface area (Å²) in [6.45, 7) is 0.400. The monoisotopic (exact) mass is 365 g/mol. The number of hydrogen-bond acceptors (Lipinski definition) is 3. The highest BCUT2D eigenvalue weighted by Gasteiger charge is 2.30. The van der Waals surface area contributed by atoms with E-state index in [-0.39, 0.29) is 22.4 Å². The number of halogens is 3. The van der Waals surface area contributed by atoms with Gasteiger partial charge in [-0.05, 0) is 37.8 Å². The molecule has 1 fully saturated rings. The molecular weight excluding hydrogens is 348 g/mol. The van der Waals surface area contributed by atoms with Gasteiger partial charge in [-0.1, -0.05) is 11.6 Å². The molecule has 0 saturated carbocycles. The number of hydrogen-bond donors (Lipinski definition) is 0. The van der Waals surface area contributed by atoms with Crippen molar-refractivity contribution in [2.45, 2.75) is 31.7 Å². The first kappa shape index (κ1) is 18.1. The van der Waals surface area contributed by atoms with Gasteiger partial charge in [0, 0.05) is 18.8 Å². The number of carbonyl (C=O) groups is 1. The van der Waals surface area contributed by atoms with E-state index in [1.807, 2.05) is 0 Å². The van der Waals surface area contributed by atoms with Gasteiger partial charge in [0.2, 0.25) is 0 Å². The summed E-state index contributed by atoms with van der Waals surface area (Å²) in [5, 5.41) is -0.383. The number of rotatable bonds is 4. The van der Waals surface area contributed by atoms with Gasteiger partial charge in [0.05, 0.1) is 16.3 Å². The Labute approximate surface area is 139 Å². The molecule has 1 aromatic rings. The van der Waals surface area contributed by atoms with Gasteiger partial charge in [0.1, 0.15) is 21.5 Å². The molecule has 1 unspecified atom stereocenters. The van der Waals surface area contributed by atoms with Gasteiger partial charge in [-0.25, -0.2) is 17.2 Å². The zero-order chi connectivity index (χ0) is 17.2. The average Bonchev–Trinajstić information content (AvgIpc) is 2.48. The van der Waals surface area contributed by atoms with Crippen molar-refractivity contribution >= 4 is 27.3 Å². The summed E-state index contributed by atoms with van der Waals surface area (Å²) < 4.78 is 50.1. The fourth-order valence-electron chi connectivity index (χ4n) is 2.76. The van der Waals surface area contributed by atoms with Crippen LogP contribution in [-0.2, 0) is 9.84 Å². The summed E-state index contributed by atoms with van der Waals surface area (Å²) >= 11 is 5.50. The number of likely N-dealkylation sites (tertiary alicyclic amines) is 1. The van der Waals surface area contributed by atoms with Gasteiger partial charge in [0.25, 0.3) is 5.91 Å². The van der Waals surface area contributed by atoms with E-state index >= 15 is 0 Å². The second kappa shape index (κ2) is 7.13. The lowest BCUT2D eigenvalue weighted by Crippen LogP contribution is -2.44. The Kier molecular flexibility index (Phi) is 5.62. The van der Waals surface area contributed by atoms with Crippen LogP contribution in [0.1, 0.15) is 36.0 Å². The summed E-state index contributed by atoms with van der Waals surface area (Å²) in [5.74, 6) is -2.41. The van der Waals surface area contributed by atoms with Crippen LogP contribution in [0.3, 0.4) is 0 Å². The maximum absolute atomic E-state index is 13.9. The summed E-state index contributed by atoms with van der Waals surface area (Å²) in [5.41, 5.74) is -0.377. The lowest BCUT2D eigenvalue weighted by molar-refractivity contribution is 0.0603. The Hall–Kier alpha value is -1.21. The second-order valence-corrected chi connectivity index (χ2v) is 8.48. The number of sulfone groups is 1. The van der Waals surface area contributed by atoms with Crippen molar-refractivity contribution in [3.05, 3.63) is 34.4 Å². The Balaban J connectivity index is 2.23. The molecule has 128 valence electrons. The summed E-state index contributed by atoms with van der Waals surface area (Å²) in [4.78, 5) is 14.0. The number of piperidine rings is 1. The minimum atomic E-state index is -3.15. The van der Waals surface area contributed by atoms with Crippen LogP contribution in [0.4, 0.5) is 8.78 Å². The lowest BCUT2D eigenvalue weighted by atomic mass is 9.98. The molecule has 0 spiro atoms. The lowest BCUT2D eigenvalue weighted by Gasteiger charge is -2.36. The van der Waals surface area contributed by atoms with E-state index in [0.29, 0.717) is 19.4 Å². The second-order valence-electron chi connectivity index (χ2n) is 5.81. The van der Waals surface area contributed by atoms with Crippen molar-refractivity contribution in [2.24, 2.45) is 0 Å². The summed E-state index contributed by atoms with van der Waals surface area (Å²) in [7, 11) is -3.15. The van der Waals surface area contributed by atoms with Gasteiger partial charge in [0.15, 0.2) is 0 Å². The van der Waals surface area contributed by atoms with E-state index in [1.54, 1.807) is 0 Å². The molecule has 1 aliphatic rings. The van der Waals surface area contributed by atoms with E-state index in [4.69, 9.17) is 11.6 Å². The van der Waals surface area contributed by atoms with Crippen LogP contribution < -0.4 is 0 Å². The van der Waals surface area contributed by atoms with Gasteiger partial charge in [-0.15, -0.1) is 0 Å². The van der Waals surface area contributed by atoms with E-state index in [2.05, 4.69) is 0 Å². The van der Waals surface area contributed by atoms with Crippen LogP contribution in [0.2, 0.25) is 5.02 Å². The molecule has 0 aromatic heterocycles. The van der Waals surface area contributed by atoms with E-state index in [9.17, 15) is 22.0 Å². The van der Waals surface area contributed by atoms with Gasteiger partial charge >= 0.3 is 0 Å². The predicted octanol–water partition coefficient (Wildman–Crippen LogP) is 3.05. The SMILES string of the molecule is CS(=O)(=O)CCC1CCCCN1C(=O)c1cc(F)c(Cl)cc1F. The highest BCUT2D eigenvalue weighted by molar-refractivity contribution is 7.90. The molecule has 0 N–H and O–H groups in total. The van der Waals surface area contributed by atoms with Crippen LogP contribution >= 0.6 is 11.6 Å². The first-order valence-electron chi connectivity index (χ1n) is 7.32. The van der Waals surface area contributed by atoms with E-state index < -0.39 is 27.4 Å². The molecule has 1 saturated heterocycles. The van der Waals surface area contributed by atoms with Crippen LogP contribution in [0.5, 0.6) is 0 Å². The van der Waals surface area contributed by atoms with Crippen molar-refractivity contribution in [3.63, 3.8) is 0 Å². The molecule has 0 bridgehead atoms. The first-order valence-corrected chi connectivity index (χ1v) is 9.76. The van der Waals surface area contributed by atoms with Gasteiger partial charge < -0.3 is 4.90 Å². The topological polar surface area (TPSA) is 54.5 Å². The third-order valence-corrected chi connectivity index (χ3v) is 5.22. The van der Waals surface area contributed by atoms with Crippen LogP contribution in [0.25, 0.3) is 0 Å². The van der Waals surface area contributed by atoms with Crippen LogP contribution in [0.15, 0.2) is 12.1 Å². The normalized spacial score (nSPS) is 19.0. The Morgan fingerprint density at radius 2 is 2.00 bits per heavy atom. The number of benzene rings is 1. The van der Waals surface area contributed by atoms with Crippen molar-refractivity contribution in [1.82, 2.24) is 4.90 Å². The maximum atomic E-state index is 13.9. The maximum Gasteiger partial charge on any atom is 0.257 e. The molecule has 8 heteroatoms. The van der Waals surface area contributed by atoms with Crippen molar-refractivity contribution in [3.8, 4) is 0 Å². The molecule has 0 radical (unpaired) electrons. The third-order valence-electron chi connectivity index (χ3n) is 3.95. The largest absolute Gasteiger partial charge is 0.336 e. The van der Waals surface area contributed by atoms with E-state index in [1.165, 1.54) is 4.90 Å². The molecule has 1 aromatic carbocycles. The number of carbonyl (C=O) groups excluding carboxylic acids is 1. The molecule has 1 aliphatic heterocycles. The Morgan fingerprint density at radius 1 is 1.30 bits per heavy atom. The van der Waals surface area contributed by atoms with Crippen molar-refractivity contribution in [1.29, 1.82) is 0 Å². The number of nitrogens with zero attached hydrogens (tertiary/aromatic N) is 1. The fourth-order valence-corrected chi connectivity index (χ4v) is 3.61. The summed E-state index contributed by atoms with van der Waals surface area (Å²) in [6, 6.07) is 1.28. The van der Waals surface area contributed by atoms with Crippen LogP contribution in [0, 0.1) is 11.6 Å². The third kappa shape index (κ3) is 4.64. The van der Waals surface area contributed by atoms with Gasteiger partial charge in [-0.2, -0.15) is 0 Å². The Bertz CT molecular complexity index is 709. The fraction of sp³-hybridized carbons (Fsp3) is 0.533. The van der Waals surface area contributed by atoms with Crippen molar-refractivity contribution < 1.29 is 22.0 Å².